The number of methoxy groups -OCH3 is 3. The smallest absolute Gasteiger partial charge is 0.171 e. The molecule has 0 unspecified atom stereocenters. The van der Waals surface area contributed by atoms with Crippen molar-refractivity contribution in [2.24, 2.45) is 0 Å². The van der Waals surface area contributed by atoms with Gasteiger partial charge in [-0.1, -0.05) is 18.2 Å². The first-order valence-electron chi connectivity index (χ1n) is 6.56. The van der Waals surface area contributed by atoms with E-state index < -0.39 is 0 Å². The van der Waals surface area contributed by atoms with Gasteiger partial charge in [-0.15, -0.1) is 0 Å². The molecule has 0 heterocycles. The normalized spacial score (nSPS) is 10.0. The fourth-order valence-electron chi connectivity index (χ4n) is 2.13. The molecule has 110 valence electrons. The summed E-state index contributed by atoms with van der Waals surface area (Å²) in [6, 6.07) is 12.7. The molecule has 0 aliphatic rings. The molecule has 21 heavy (non-hydrogen) atoms. The first-order chi connectivity index (χ1) is 10.2. The number of para-hydroxylation sites is 1. The molecule has 0 aromatic heterocycles. The Balaban J connectivity index is 2.23. The lowest BCUT2D eigenvalue weighted by Gasteiger charge is -2.11. The summed E-state index contributed by atoms with van der Waals surface area (Å²) in [5.74, 6) is 1.78. The van der Waals surface area contributed by atoms with Crippen LogP contribution in [0.1, 0.15) is 15.9 Å². The van der Waals surface area contributed by atoms with Crippen LogP contribution >= 0.6 is 0 Å². The molecule has 4 heteroatoms. The minimum absolute atomic E-state index is 0.0177. The van der Waals surface area contributed by atoms with Gasteiger partial charge in [-0.05, 0) is 29.8 Å². The maximum Gasteiger partial charge on any atom is 0.171 e. The molecule has 0 bridgehead atoms. The van der Waals surface area contributed by atoms with Gasteiger partial charge in [-0.25, -0.2) is 0 Å². The van der Waals surface area contributed by atoms with Crippen molar-refractivity contribution in [3.63, 3.8) is 0 Å². The third kappa shape index (κ3) is 3.34. The van der Waals surface area contributed by atoms with Gasteiger partial charge in [0.2, 0.25) is 0 Å². The number of Topliss-reactive ketones (excluding diaryl/α,β-unsaturated/α-hetero) is 1. The Labute approximate surface area is 124 Å². The summed E-state index contributed by atoms with van der Waals surface area (Å²) in [5.41, 5.74) is 1.44. The maximum atomic E-state index is 12.4. The van der Waals surface area contributed by atoms with Crippen molar-refractivity contribution in [1.29, 1.82) is 0 Å². The first kappa shape index (κ1) is 14.9. The lowest BCUT2D eigenvalue weighted by molar-refractivity contribution is 0.0989. The van der Waals surface area contributed by atoms with Gasteiger partial charge in [0.25, 0.3) is 0 Å². The van der Waals surface area contributed by atoms with Gasteiger partial charge in [0.05, 0.1) is 26.9 Å². The SMILES string of the molecule is COc1ccc(CC(=O)c2cccc(OC)c2OC)cc1. The number of carbonyl (C=O) groups excluding carboxylic acids is 1. The van der Waals surface area contributed by atoms with Crippen LogP contribution in [0.3, 0.4) is 0 Å². The van der Waals surface area contributed by atoms with Gasteiger partial charge in [-0.3, -0.25) is 4.79 Å². The van der Waals surface area contributed by atoms with E-state index in [0.717, 1.165) is 11.3 Å². The maximum absolute atomic E-state index is 12.4. The van der Waals surface area contributed by atoms with Gasteiger partial charge in [0.1, 0.15) is 5.75 Å². The van der Waals surface area contributed by atoms with E-state index in [2.05, 4.69) is 0 Å². The number of ketones is 1. The molecule has 0 saturated heterocycles. The van der Waals surface area contributed by atoms with E-state index in [-0.39, 0.29) is 5.78 Å². The number of hydrogen-bond donors (Lipinski definition) is 0. The highest BCUT2D eigenvalue weighted by molar-refractivity contribution is 6.00. The zero-order valence-electron chi connectivity index (χ0n) is 12.4. The summed E-state index contributed by atoms with van der Waals surface area (Å²) in [4.78, 5) is 12.4. The van der Waals surface area contributed by atoms with E-state index in [9.17, 15) is 4.79 Å². The molecule has 0 aliphatic heterocycles. The molecule has 2 aromatic rings. The highest BCUT2D eigenvalue weighted by Gasteiger charge is 2.16. The van der Waals surface area contributed by atoms with Gasteiger partial charge in [0, 0.05) is 6.42 Å². The van der Waals surface area contributed by atoms with Crippen molar-refractivity contribution in [3.8, 4) is 17.2 Å². The van der Waals surface area contributed by atoms with Crippen molar-refractivity contribution in [2.45, 2.75) is 6.42 Å². The molecule has 2 rings (SSSR count). The summed E-state index contributed by atoms with van der Waals surface area (Å²) in [5, 5.41) is 0. The standard InChI is InChI=1S/C17H18O4/c1-19-13-9-7-12(8-10-13)11-15(18)14-5-4-6-16(20-2)17(14)21-3/h4-10H,11H2,1-3H3. The molecule has 0 atom stereocenters. The van der Waals surface area contributed by atoms with Gasteiger partial charge in [0.15, 0.2) is 17.3 Å². The lowest BCUT2D eigenvalue weighted by atomic mass is 10.0. The van der Waals surface area contributed by atoms with Crippen LogP contribution in [-0.2, 0) is 6.42 Å². The summed E-state index contributed by atoms with van der Waals surface area (Å²) >= 11 is 0. The molecule has 0 saturated carbocycles. The number of benzene rings is 2. The Hall–Kier alpha value is -2.49. The third-order valence-electron chi connectivity index (χ3n) is 3.23. The van der Waals surface area contributed by atoms with Gasteiger partial charge < -0.3 is 14.2 Å². The fraction of sp³-hybridized carbons (Fsp3) is 0.235. The largest absolute Gasteiger partial charge is 0.497 e. The van der Waals surface area contributed by atoms with Crippen molar-refractivity contribution < 1.29 is 19.0 Å². The van der Waals surface area contributed by atoms with Crippen LogP contribution in [0.4, 0.5) is 0 Å². The zero-order chi connectivity index (χ0) is 15.2. The van der Waals surface area contributed by atoms with E-state index in [1.165, 1.54) is 7.11 Å². The second kappa shape index (κ2) is 6.79. The Morgan fingerprint density at radius 2 is 1.62 bits per heavy atom. The highest BCUT2D eigenvalue weighted by atomic mass is 16.5. The Morgan fingerprint density at radius 3 is 2.19 bits per heavy atom. The van der Waals surface area contributed by atoms with Crippen molar-refractivity contribution >= 4 is 5.78 Å². The van der Waals surface area contributed by atoms with E-state index in [4.69, 9.17) is 14.2 Å². The zero-order valence-corrected chi connectivity index (χ0v) is 12.4. The van der Waals surface area contributed by atoms with Crippen LogP contribution in [0.15, 0.2) is 42.5 Å². The second-order valence-corrected chi connectivity index (χ2v) is 4.49. The molecule has 4 nitrogen and oxygen atoms in total. The van der Waals surface area contributed by atoms with E-state index >= 15 is 0 Å². The monoisotopic (exact) mass is 286 g/mol. The Bertz CT molecular complexity index is 617. The van der Waals surface area contributed by atoms with Crippen molar-refractivity contribution in [3.05, 3.63) is 53.6 Å². The summed E-state index contributed by atoms with van der Waals surface area (Å²) in [6.45, 7) is 0. The summed E-state index contributed by atoms with van der Waals surface area (Å²) in [6.07, 6.45) is 0.299. The molecule has 0 spiro atoms. The molecule has 2 aromatic carbocycles. The van der Waals surface area contributed by atoms with Gasteiger partial charge >= 0.3 is 0 Å². The first-order valence-corrected chi connectivity index (χ1v) is 6.56. The Morgan fingerprint density at radius 1 is 0.905 bits per heavy atom. The highest BCUT2D eigenvalue weighted by Crippen LogP contribution is 2.31. The number of ether oxygens (including phenoxy) is 3. The lowest BCUT2D eigenvalue weighted by Crippen LogP contribution is -2.06. The van der Waals surface area contributed by atoms with Crippen molar-refractivity contribution in [1.82, 2.24) is 0 Å². The number of hydrogen-bond acceptors (Lipinski definition) is 4. The van der Waals surface area contributed by atoms with Crippen LogP contribution in [0.5, 0.6) is 17.2 Å². The second-order valence-electron chi connectivity index (χ2n) is 4.49. The number of rotatable bonds is 6. The van der Waals surface area contributed by atoms with E-state index in [1.807, 2.05) is 24.3 Å². The third-order valence-corrected chi connectivity index (χ3v) is 3.23. The van der Waals surface area contributed by atoms with E-state index in [1.54, 1.807) is 32.4 Å². The molecule has 0 amide bonds. The van der Waals surface area contributed by atoms with Crippen LogP contribution < -0.4 is 14.2 Å². The van der Waals surface area contributed by atoms with Crippen LogP contribution in [-0.4, -0.2) is 27.1 Å². The average Bonchev–Trinajstić information content (AvgIpc) is 2.54. The molecule has 0 aliphatic carbocycles. The fourth-order valence-corrected chi connectivity index (χ4v) is 2.13. The molecule has 0 fully saturated rings. The predicted molar refractivity (Wildman–Crippen MR) is 80.6 cm³/mol. The van der Waals surface area contributed by atoms with Crippen LogP contribution in [0, 0.1) is 0 Å². The summed E-state index contributed by atoms with van der Waals surface area (Å²) in [7, 11) is 4.69. The van der Waals surface area contributed by atoms with Gasteiger partial charge in [-0.2, -0.15) is 0 Å². The van der Waals surface area contributed by atoms with E-state index in [0.29, 0.717) is 23.5 Å². The molecule has 0 N–H and O–H groups in total. The summed E-state index contributed by atoms with van der Waals surface area (Å²) < 4.78 is 15.6. The molecular weight excluding hydrogens is 268 g/mol. The topological polar surface area (TPSA) is 44.8 Å². The molecule has 0 radical (unpaired) electrons. The molecular formula is C17H18O4. The van der Waals surface area contributed by atoms with Crippen LogP contribution in [0.25, 0.3) is 0 Å². The minimum Gasteiger partial charge on any atom is -0.497 e. The van der Waals surface area contributed by atoms with Crippen molar-refractivity contribution in [2.75, 3.05) is 21.3 Å². The quantitative estimate of drug-likeness (QED) is 0.765. The Kier molecular flexibility index (Phi) is 4.82. The van der Waals surface area contributed by atoms with Crippen LogP contribution in [0.2, 0.25) is 0 Å². The average molecular weight is 286 g/mol. The number of carbonyl (C=O) groups is 1. The predicted octanol–water partition coefficient (Wildman–Crippen LogP) is 3.14. The minimum atomic E-state index is -0.0177.